The van der Waals surface area contributed by atoms with E-state index in [4.69, 9.17) is 5.73 Å². The van der Waals surface area contributed by atoms with Crippen LogP contribution in [0.5, 0.6) is 0 Å². The largest absolute Gasteiger partial charge is 0.335 e. The van der Waals surface area contributed by atoms with Crippen molar-refractivity contribution in [2.45, 2.75) is 51.7 Å². The normalized spacial score (nSPS) is 16.9. The van der Waals surface area contributed by atoms with Gasteiger partial charge in [0.15, 0.2) is 0 Å². The SMILES string of the molecule is CC(C)N(Cc1cccs1)C(=O)CC(N)C1CC1. The van der Waals surface area contributed by atoms with Crippen LogP contribution in [0.3, 0.4) is 0 Å². The highest BCUT2D eigenvalue weighted by atomic mass is 32.1. The summed E-state index contributed by atoms with van der Waals surface area (Å²) < 4.78 is 0. The molecule has 0 spiro atoms. The summed E-state index contributed by atoms with van der Waals surface area (Å²) in [5, 5.41) is 2.05. The van der Waals surface area contributed by atoms with Gasteiger partial charge in [0.1, 0.15) is 0 Å². The van der Waals surface area contributed by atoms with Gasteiger partial charge in [0.25, 0.3) is 0 Å². The van der Waals surface area contributed by atoms with Gasteiger partial charge in [-0.3, -0.25) is 4.79 Å². The fourth-order valence-corrected chi connectivity index (χ4v) is 2.84. The van der Waals surface area contributed by atoms with Gasteiger partial charge in [-0.15, -0.1) is 11.3 Å². The molecule has 1 aromatic rings. The zero-order valence-electron chi connectivity index (χ0n) is 11.1. The molecule has 0 aliphatic heterocycles. The Hall–Kier alpha value is -0.870. The Kier molecular flexibility index (Phi) is 4.40. The lowest BCUT2D eigenvalue weighted by Gasteiger charge is -2.27. The molecule has 1 fully saturated rings. The molecule has 100 valence electrons. The first kappa shape index (κ1) is 13.6. The molecule has 0 radical (unpaired) electrons. The van der Waals surface area contributed by atoms with Crippen molar-refractivity contribution in [2.24, 2.45) is 11.7 Å². The van der Waals surface area contributed by atoms with Gasteiger partial charge in [0.05, 0.1) is 6.54 Å². The summed E-state index contributed by atoms with van der Waals surface area (Å²) in [6, 6.07) is 4.39. The van der Waals surface area contributed by atoms with Crippen molar-refractivity contribution in [1.82, 2.24) is 4.90 Å². The van der Waals surface area contributed by atoms with Crippen LogP contribution in [-0.4, -0.2) is 22.9 Å². The van der Waals surface area contributed by atoms with Crippen molar-refractivity contribution in [3.05, 3.63) is 22.4 Å². The molecule has 1 aromatic heterocycles. The van der Waals surface area contributed by atoms with Crippen LogP contribution in [0, 0.1) is 5.92 Å². The van der Waals surface area contributed by atoms with Gasteiger partial charge >= 0.3 is 0 Å². The fourth-order valence-electron chi connectivity index (χ4n) is 2.14. The lowest BCUT2D eigenvalue weighted by atomic mass is 10.1. The summed E-state index contributed by atoms with van der Waals surface area (Å²) in [6.45, 7) is 4.84. The molecular formula is C14H22N2OS. The predicted octanol–water partition coefficient (Wildman–Crippen LogP) is 2.61. The van der Waals surface area contributed by atoms with Crippen molar-refractivity contribution in [3.8, 4) is 0 Å². The van der Waals surface area contributed by atoms with Gasteiger partial charge in [-0.2, -0.15) is 0 Å². The highest BCUT2D eigenvalue weighted by Gasteiger charge is 2.31. The number of nitrogens with zero attached hydrogens (tertiary/aromatic N) is 1. The number of hydrogen-bond donors (Lipinski definition) is 1. The number of rotatable bonds is 6. The zero-order chi connectivity index (χ0) is 13.1. The first-order valence-corrected chi connectivity index (χ1v) is 7.53. The molecule has 4 heteroatoms. The van der Waals surface area contributed by atoms with Gasteiger partial charge in [0.2, 0.25) is 5.91 Å². The summed E-state index contributed by atoms with van der Waals surface area (Å²) in [5.41, 5.74) is 6.05. The third-order valence-electron chi connectivity index (χ3n) is 3.49. The van der Waals surface area contributed by atoms with Crippen molar-refractivity contribution in [2.75, 3.05) is 0 Å². The lowest BCUT2D eigenvalue weighted by Crippen LogP contribution is -2.40. The summed E-state index contributed by atoms with van der Waals surface area (Å²) in [4.78, 5) is 15.5. The van der Waals surface area contributed by atoms with E-state index in [-0.39, 0.29) is 18.0 Å². The van der Waals surface area contributed by atoms with Gasteiger partial charge in [-0.05, 0) is 44.1 Å². The van der Waals surface area contributed by atoms with Gasteiger partial charge in [-0.25, -0.2) is 0 Å². The van der Waals surface area contributed by atoms with E-state index in [1.807, 2.05) is 16.3 Å². The van der Waals surface area contributed by atoms with E-state index in [0.717, 1.165) is 0 Å². The summed E-state index contributed by atoms with van der Waals surface area (Å²) in [7, 11) is 0. The standard InChI is InChI=1S/C14H22N2OS/c1-10(2)16(9-12-4-3-7-18-12)14(17)8-13(15)11-5-6-11/h3-4,7,10-11,13H,5-6,8-9,15H2,1-2H3. The Morgan fingerprint density at radius 2 is 2.28 bits per heavy atom. The minimum Gasteiger partial charge on any atom is -0.335 e. The average molecular weight is 266 g/mol. The minimum absolute atomic E-state index is 0.0575. The summed E-state index contributed by atoms with van der Waals surface area (Å²) >= 11 is 1.70. The number of carbonyl (C=O) groups excluding carboxylic acids is 1. The molecule has 2 N–H and O–H groups in total. The first-order valence-electron chi connectivity index (χ1n) is 6.65. The molecule has 1 unspecified atom stereocenters. The molecule has 2 rings (SSSR count). The molecule has 0 bridgehead atoms. The van der Waals surface area contributed by atoms with Crippen LogP contribution >= 0.6 is 11.3 Å². The van der Waals surface area contributed by atoms with E-state index in [2.05, 4.69) is 19.9 Å². The van der Waals surface area contributed by atoms with Gasteiger partial charge in [0, 0.05) is 23.4 Å². The number of amides is 1. The number of nitrogens with two attached hydrogens (primary N) is 1. The van der Waals surface area contributed by atoms with Crippen molar-refractivity contribution >= 4 is 17.2 Å². The molecule has 1 heterocycles. The second kappa shape index (κ2) is 5.85. The Bertz CT molecular complexity index is 385. The van der Waals surface area contributed by atoms with Crippen molar-refractivity contribution in [1.29, 1.82) is 0 Å². The molecule has 3 nitrogen and oxygen atoms in total. The van der Waals surface area contributed by atoms with E-state index in [0.29, 0.717) is 18.9 Å². The maximum absolute atomic E-state index is 12.3. The summed E-state index contributed by atoms with van der Waals surface area (Å²) in [6.07, 6.45) is 2.89. The van der Waals surface area contributed by atoms with Crippen LogP contribution in [0.1, 0.15) is 38.0 Å². The molecular weight excluding hydrogens is 244 g/mol. The lowest BCUT2D eigenvalue weighted by molar-refractivity contribution is -0.134. The van der Waals surface area contributed by atoms with Gasteiger partial charge in [-0.1, -0.05) is 6.07 Å². The molecule has 0 saturated heterocycles. The Morgan fingerprint density at radius 3 is 2.78 bits per heavy atom. The van der Waals surface area contributed by atoms with Crippen LogP contribution in [0.15, 0.2) is 17.5 Å². The van der Waals surface area contributed by atoms with Crippen LogP contribution in [0.2, 0.25) is 0 Å². The zero-order valence-corrected chi connectivity index (χ0v) is 12.0. The molecule has 1 atom stereocenters. The third-order valence-corrected chi connectivity index (χ3v) is 4.35. The van der Waals surface area contributed by atoms with Crippen LogP contribution < -0.4 is 5.73 Å². The Balaban J connectivity index is 1.93. The highest BCUT2D eigenvalue weighted by molar-refractivity contribution is 7.09. The third kappa shape index (κ3) is 3.56. The molecule has 18 heavy (non-hydrogen) atoms. The van der Waals surface area contributed by atoms with E-state index in [1.165, 1.54) is 17.7 Å². The molecule has 0 aromatic carbocycles. The number of thiophene rings is 1. The fraction of sp³-hybridized carbons (Fsp3) is 0.643. The van der Waals surface area contributed by atoms with Crippen molar-refractivity contribution < 1.29 is 4.79 Å². The first-order chi connectivity index (χ1) is 8.58. The minimum atomic E-state index is 0.0575. The second-order valence-corrected chi connectivity index (χ2v) is 6.43. The predicted molar refractivity (Wildman–Crippen MR) is 75.3 cm³/mol. The maximum Gasteiger partial charge on any atom is 0.224 e. The topological polar surface area (TPSA) is 46.3 Å². The monoisotopic (exact) mass is 266 g/mol. The van der Waals surface area contributed by atoms with E-state index < -0.39 is 0 Å². The highest BCUT2D eigenvalue weighted by Crippen LogP contribution is 2.33. The molecule has 1 aliphatic rings. The van der Waals surface area contributed by atoms with E-state index in [9.17, 15) is 4.79 Å². The van der Waals surface area contributed by atoms with Crippen LogP contribution in [0.4, 0.5) is 0 Å². The second-order valence-electron chi connectivity index (χ2n) is 5.40. The number of hydrogen-bond acceptors (Lipinski definition) is 3. The quantitative estimate of drug-likeness (QED) is 0.860. The smallest absolute Gasteiger partial charge is 0.224 e. The van der Waals surface area contributed by atoms with Crippen LogP contribution in [-0.2, 0) is 11.3 Å². The Morgan fingerprint density at radius 1 is 1.56 bits per heavy atom. The van der Waals surface area contributed by atoms with E-state index >= 15 is 0 Å². The Labute approximate surface area is 113 Å². The van der Waals surface area contributed by atoms with Gasteiger partial charge < -0.3 is 10.6 Å². The molecule has 1 amide bonds. The average Bonchev–Trinajstić information content (AvgIpc) is 3.04. The number of carbonyl (C=O) groups is 1. The summed E-state index contributed by atoms with van der Waals surface area (Å²) in [5.74, 6) is 0.780. The van der Waals surface area contributed by atoms with Crippen LogP contribution in [0.25, 0.3) is 0 Å². The maximum atomic E-state index is 12.3. The molecule has 1 aliphatic carbocycles. The van der Waals surface area contributed by atoms with Crippen molar-refractivity contribution in [3.63, 3.8) is 0 Å². The molecule has 1 saturated carbocycles. The van der Waals surface area contributed by atoms with E-state index in [1.54, 1.807) is 11.3 Å².